The quantitative estimate of drug-likeness (QED) is 0.448. The van der Waals surface area contributed by atoms with Crippen molar-refractivity contribution < 1.29 is 9.18 Å². The fourth-order valence-electron chi connectivity index (χ4n) is 3.30. The maximum Gasteiger partial charge on any atom is 0.221 e. The van der Waals surface area contributed by atoms with E-state index in [1.165, 1.54) is 29.8 Å². The van der Waals surface area contributed by atoms with E-state index in [0.717, 1.165) is 47.4 Å². The van der Waals surface area contributed by atoms with Gasteiger partial charge in [0.25, 0.3) is 0 Å². The molecule has 30 heavy (non-hydrogen) atoms. The zero-order chi connectivity index (χ0) is 21.3. The summed E-state index contributed by atoms with van der Waals surface area (Å²) in [5, 5.41) is 9.14. The predicted molar refractivity (Wildman–Crippen MR) is 121 cm³/mol. The number of anilines is 1. The molecule has 6 nitrogen and oxygen atoms in total. The molecule has 1 amide bonds. The Hall–Kier alpha value is -2.58. The number of carbonyl (C=O) groups excluding carboxylic acids is 1. The van der Waals surface area contributed by atoms with Gasteiger partial charge < -0.3 is 15.5 Å². The largest absolute Gasteiger partial charge is 0.369 e. The number of nitrogens with one attached hydrogen (secondary N) is 2. The normalized spacial score (nSPS) is 11.2. The summed E-state index contributed by atoms with van der Waals surface area (Å²) < 4.78 is 13.3. The van der Waals surface area contributed by atoms with Gasteiger partial charge in [0, 0.05) is 30.5 Å². The standard InChI is InChI=1S/C22H28FN5OS/c1-3-28(4-2)13-5-11-24-19(29)10-12-25-21-20-18(14-30-22(20)27-15-26-21)16-6-8-17(23)9-7-16/h6-9,14-15H,3-5,10-13H2,1-2H3,(H,24,29)(H,25,26,27). The van der Waals surface area contributed by atoms with Crippen LogP contribution in [-0.2, 0) is 4.79 Å². The minimum atomic E-state index is -0.268. The van der Waals surface area contributed by atoms with Gasteiger partial charge in [0.2, 0.25) is 5.91 Å². The molecule has 0 aliphatic carbocycles. The van der Waals surface area contributed by atoms with Crippen molar-refractivity contribution in [3.8, 4) is 11.1 Å². The van der Waals surface area contributed by atoms with Crippen molar-refractivity contribution in [2.45, 2.75) is 26.7 Å². The number of benzene rings is 1. The first-order chi connectivity index (χ1) is 14.6. The van der Waals surface area contributed by atoms with Gasteiger partial charge in [-0.3, -0.25) is 4.79 Å². The molecular formula is C22H28FN5OS. The molecule has 0 saturated heterocycles. The van der Waals surface area contributed by atoms with Crippen LogP contribution in [0.3, 0.4) is 0 Å². The molecule has 2 heterocycles. The van der Waals surface area contributed by atoms with Crippen molar-refractivity contribution in [3.63, 3.8) is 0 Å². The number of thiophene rings is 1. The number of halogens is 1. The Labute approximate surface area is 180 Å². The van der Waals surface area contributed by atoms with Gasteiger partial charge in [-0.25, -0.2) is 14.4 Å². The van der Waals surface area contributed by atoms with Crippen LogP contribution in [0.2, 0.25) is 0 Å². The average Bonchev–Trinajstić information content (AvgIpc) is 3.19. The molecule has 0 spiro atoms. The summed E-state index contributed by atoms with van der Waals surface area (Å²) in [4.78, 5) is 24.0. The highest BCUT2D eigenvalue weighted by Crippen LogP contribution is 2.36. The first-order valence-electron chi connectivity index (χ1n) is 10.3. The van der Waals surface area contributed by atoms with Gasteiger partial charge in [-0.05, 0) is 43.8 Å². The molecule has 0 bridgehead atoms. The fraction of sp³-hybridized carbons (Fsp3) is 0.409. The van der Waals surface area contributed by atoms with Crippen LogP contribution in [0.5, 0.6) is 0 Å². The second kappa shape index (κ2) is 11.0. The van der Waals surface area contributed by atoms with Crippen molar-refractivity contribution in [2.24, 2.45) is 0 Å². The van der Waals surface area contributed by atoms with E-state index in [-0.39, 0.29) is 11.7 Å². The molecule has 8 heteroatoms. The number of hydrogen-bond acceptors (Lipinski definition) is 6. The topological polar surface area (TPSA) is 70.2 Å². The number of amides is 1. The van der Waals surface area contributed by atoms with Crippen molar-refractivity contribution in [1.82, 2.24) is 20.2 Å². The summed E-state index contributed by atoms with van der Waals surface area (Å²) in [6.07, 6.45) is 2.83. The summed E-state index contributed by atoms with van der Waals surface area (Å²) >= 11 is 1.52. The van der Waals surface area contributed by atoms with Crippen LogP contribution in [0, 0.1) is 5.82 Å². The van der Waals surface area contributed by atoms with Gasteiger partial charge in [-0.2, -0.15) is 0 Å². The van der Waals surface area contributed by atoms with Crippen LogP contribution < -0.4 is 10.6 Å². The van der Waals surface area contributed by atoms with Gasteiger partial charge in [-0.15, -0.1) is 11.3 Å². The molecule has 0 fully saturated rings. The third-order valence-corrected chi connectivity index (χ3v) is 5.92. The highest BCUT2D eigenvalue weighted by atomic mass is 32.1. The Morgan fingerprint density at radius 1 is 1.13 bits per heavy atom. The van der Waals surface area contributed by atoms with E-state index in [1.54, 1.807) is 12.1 Å². The second-order valence-electron chi connectivity index (χ2n) is 6.97. The highest BCUT2D eigenvalue weighted by Gasteiger charge is 2.13. The lowest BCUT2D eigenvalue weighted by Gasteiger charge is -2.17. The van der Waals surface area contributed by atoms with E-state index in [1.807, 2.05) is 5.38 Å². The third kappa shape index (κ3) is 5.73. The highest BCUT2D eigenvalue weighted by molar-refractivity contribution is 7.17. The summed E-state index contributed by atoms with van der Waals surface area (Å²) in [6, 6.07) is 6.39. The summed E-state index contributed by atoms with van der Waals surface area (Å²) in [5.74, 6) is 0.447. The summed E-state index contributed by atoms with van der Waals surface area (Å²) in [5.41, 5.74) is 1.87. The molecule has 2 N–H and O–H groups in total. The zero-order valence-electron chi connectivity index (χ0n) is 17.4. The Kier molecular flexibility index (Phi) is 8.10. The van der Waals surface area contributed by atoms with E-state index in [9.17, 15) is 9.18 Å². The Bertz CT molecular complexity index is 956. The van der Waals surface area contributed by atoms with Gasteiger partial charge in [-0.1, -0.05) is 26.0 Å². The van der Waals surface area contributed by atoms with E-state index in [0.29, 0.717) is 25.3 Å². The number of nitrogens with zero attached hydrogens (tertiary/aromatic N) is 3. The fourth-order valence-corrected chi connectivity index (χ4v) is 4.22. The molecule has 3 aromatic rings. The number of hydrogen-bond donors (Lipinski definition) is 2. The molecular weight excluding hydrogens is 401 g/mol. The SMILES string of the molecule is CCN(CC)CCCNC(=O)CCNc1ncnc2scc(-c3ccc(F)cc3)c12. The molecule has 160 valence electrons. The minimum Gasteiger partial charge on any atom is -0.369 e. The lowest BCUT2D eigenvalue weighted by Crippen LogP contribution is -2.30. The molecule has 0 atom stereocenters. The summed E-state index contributed by atoms with van der Waals surface area (Å²) in [6.45, 7) is 8.52. The van der Waals surface area contributed by atoms with Crippen molar-refractivity contribution in [2.75, 3.05) is 38.0 Å². The van der Waals surface area contributed by atoms with E-state index < -0.39 is 0 Å². The van der Waals surface area contributed by atoms with E-state index in [4.69, 9.17) is 0 Å². The summed E-state index contributed by atoms with van der Waals surface area (Å²) in [7, 11) is 0. The van der Waals surface area contributed by atoms with Crippen LogP contribution in [0.15, 0.2) is 36.0 Å². The van der Waals surface area contributed by atoms with Crippen LogP contribution in [-0.4, -0.2) is 53.5 Å². The smallest absolute Gasteiger partial charge is 0.221 e. The molecule has 0 radical (unpaired) electrons. The van der Waals surface area contributed by atoms with Gasteiger partial charge in [0.05, 0.1) is 5.39 Å². The molecule has 0 unspecified atom stereocenters. The van der Waals surface area contributed by atoms with Crippen LogP contribution in [0.4, 0.5) is 10.2 Å². The van der Waals surface area contributed by atoms with Gasteiger partial charge in [0.1, 0.15) is 22.8 Å². The van der Waals surface area contributed by atoms with Gasteiger partial charge >= 0.3 is 0 Å². The zero-order valence-corrected chi connectivity index (χ0v) is 18.3. The van der Waals surface area contributed by atoms with Crippen molar-refractivity contribution in [1.29, 1.82) is 0 Å². The van der Waals surface area contributed by atoms with Crippen LogP contribution >= 0.6 is 11.3 Å². The maximum atomic E-state index is 13.3. The first-order valence-corrected chi connectivity index (χ1v) is 11.2. The number of rotatable bonds is 11. The van der Waals surface area contributed by atoms with Crippen molar-refractivity contribution in [3.05, 3.63) is 41.8 Å². The Balaban J connectivity index is 1.55. The van der Waals surface area contributed by atoms with Crippen LogP contribution in [0.25, 0.3) is 21.3 Å². The van der Waals surface area contributed by atoms with E-state index in [2.05, 4.69) is 39.3 Å². The lowest BCUT2D eigenvalue weighted by atomic mass is 10.1. The molecule has 1 aromatic carbocycles. The average molecular weight is 430 g/mol. The maximum absolute atomic E-state index is 13.3. The molecule has 0 aliphatic rings. The Morgan fingerprint density at radius 2 is 1.90 bits per heavy atom. The lowest BCUT2D eigenvalue weighted by molar-refractivity contribution is -0.120. The number of aromatic nitrogens is 2. The second-order valence-corrected chi connectivity index (χ2v) is 7.82. The molecule has 0 saturated carbocycles. The molecule has 2 aromatic heterocycles. The third-order valence-electron chi connectivity index (χ3n) is 5.04. The number of carbonyl (C=O) groups is 1. The monoisotopic (exact) mass is 429 g/mol. The minimum absolute atomic E-state index is 0.0245. The molecule has 0 aliphatic heterocycles. The van der Waals surface area contributed by atoms with Crippen LogP contribution in [0.1, 0.15) is 26.7 Å². The number of fused-ring (bicyclic) bond motifs is 1. The first kappa shape index (κ1) is 22.1. The Morgan fingerprint density at radius 3 is 2.63 bits per heavy atom. The van der Waals surface area contributed by atoms with Gasteiger partial charge in [0.15, 0.2) is 0 Å². The predicted octanol–water partition coefficient (Wildman–Crippen LogP) is 4.15. The van der Waals surface area contributed by atoms with Crippen molar-refractivity contribution >= 4 is 33.3 Å². The van der Waals surface area contributed by atoms with E-state index >= 15 is 0 Å². The molecule has 3 rings (SSSR count).